The number of hydrogen-bond acceptors (Lipinski definition) is 7. The molecule has 1 aliphatic carbocycles. The fourth-order valence-corrected chi connectivity index (χ4v) is 7.93. The normalized spacial score (nSPS) is 25.1. The average molecular weight is 640 g/mol. The van der Waals surface area contributed by atoms with E-state index in [1.807, 2.05) is 39.0 Å². The molecule has 0 spiro atoms. The minimum atomic E-state index is -0.188. The summed E-state index contributed by atoms with van der Waals surface area (Å²) in [5.74, 6) is 0.899. The van der Waals surface area contributed by atoms with E-state index in [4.69, 9.17) is 21.3 Å². The first-order valence-electron chi connectivity index (χ1n) is 13.9. The molecule has 1 saturated carbocycles. The monoisotopic (exact) mass is 638 g/mol. The van der Waals surface area contributed by atoms with Crippen LogP contribution in [-0.2, 0) is 16.0 Å². The molecular formula is C30H37Cl3N4O3S. The molecule has 7 nitrogen and oxygen atoms in total. The van der Waals surface area contributed by atoms with Crippen molar-refractivity contribution in [3.05, 3.63) is 40.0 Å². The van der Waals surface area contributed by atoms with Crippen LogP contribution >= 0.6 is 47.8 Å². The number of fused-ring (bicyclic) bond motifs is 2. The van der Waals surface area contributed by atoms with Gasteiger partial charge in [-0.05, 0) is 49.1 Å². The van der Waals surface area contributed by atoms with Gasteiger partial charge in [-0.1, -0.05) is 39.3 Å². The lowest BCUT2D eigenvalue weighted by atomic mass is 9.96. The number of aryl methyl sites for hydroxylation is 1. The maximum atomic E-state index is 12.8. The summed E-state index contributed by atoms with van der Waals surface area (Å²) in [6.07, 6.45) is 3.28. The van der Waals surface area contributed by atoms with Crippen LogP contribution in [0.2, 0.25) is 5.02 Å². The first-order chi connectivity index (χ1) is 18.6. The predicted octanol–water partition coefficient (Wildman–Crippen LogP) is 6.46. The van der Waals surface area contributed by atoms with E-state index >= 15 is 0 Å². The molecular weight excluding hydrogens is 603 g/mol. The van der Waals surface area contributed by atoms with Gasteiger partial charge in [-0.2, -0.15) is 0 Å². The highest BCUT2D eigenvalue weighted by atomic mass is 35.5. The van der Waals surface area contributed by atoms with E-state index in [-0.39, 0.29) is 60.0 Å². The molecule has 222 valence electrons. The Morgan fingerprint density at radius 1 is 1.12 bits per heavy atom. The summed E-state index contributed by atoms with van der Waals surface area (Å²) in [5, 5.41) is 0.639. The number of thiophene rings is 1. The first-order valence-corrected chi connectivity index (χ1v) is 15.1. The van der Waals surface area contributed by atoms with Crippen molar-refractivity contribution in [3.8, 4) is 17.0 Å². The fraction of sp³-hybridized carbons (Fsp3) is 0.533. The van der Waals surface area contributed by atoms with E-state index in [0.717, 1.165) is 63.7 Å². The van der Waals surface area contributed by atoms with E-state index in [1.165, 1.54) is 4.90 Å². The summed E-state index contributed by atoms with van der Waals surface area (Å²) in [4.78, 5) is 39.8. The first kappa shape index (κ1) is 32.0. The molecule has 2 aromatic heterocycles. The lowest BCUT2D eigenvalue weighted by Crippen LogP contribution is -2.44. The number of rotatable bonds is 7. The number of halogens is 3. The van der Waals surface area contributed by atoms with Crippen LogP contribution in [0.4, 0.5) is 0 Å². The Kier molecular flexibility index (Phi) is 9.32. The number of benzene rings is 1. The topological polar surface area (TPSA) is 75.6 Å². The van der Waals surface area contributed by atoms with Crippen LogP contribution in [0.3, 0.4) is 0 Å². The summed E-state index contributed by atoms with van der Waals surface area (Å²) < 4.78 is 7.69. The molecule has 2 unspecified atom stereocenters. The summed E-state index contributed by atoms with van der Waals surface area (Å²) in [6.45, 7) is 14.0. The van der Waals surface area contributed by atoms with Crippen LogP contribution < -0.4 is 4.74 Å². The number of nitrogens with zero attached hydrogens (tertiary/aromatic N) is 4. The van der Waals surface area contributed by atoms with E-state index in [2.05, 4.69) is 23.7 Å². The van der Waals surface area contributed by atoms with Crippen molar-refractivity contribution in [1.82, 2.24) is 19.8 Å². The van der Waals surface area contributed by atoms with E-state index in [0.29, 0.717) is 23.9 Å². The van der Waals surface area contributed by atoms with Crippen LogP contribution in [0.25, 0.3) is 21.5 Å². The molecule has 11 heteroatoms. The summed E-state index contributed by atoms with van der Waals surface area (Å²) in [5.41, 5.74) is 3.31. The largest absolute Gasteiger partial charge is 0.489 e. The van der Waals surface area contributed by atoms with Gasteiger partial charge in [0.1, 0.15) is 18.2 Å². The molecule has 4 atom stereocenters. The SMILES string of the molecule is CCN1CC[C@@H](Oc2c(C)cc(Cl)cc2-c2ncnc3cc(CCN4C(=O)C5C(C4=O)C5(C)C)sc23)[C@@H](C)C1.Cl.Cl. The third-order valence-electron chi connectivity index (χ3n) is 8.96. The lowest BCUT2D eigenvalue weighted by molar-refractivity contribution is -0.142. The highest BCUT2D eigenvalue weighted by molar-refractivity contribution is 7.19. The number of carbonyl (C=O) groups excluding carboxylic acids is 2. The second-order valence-corrected chi connectivity index (χ2v) is 13.5. The molecule has 0 N–H and O–H groups in total. The third kappa shape index (κ3) is 5.58. The molecule has 4 heterocycles. The van der Waals surface area contributed by atoms with Gasteiger partial charge in [-0.15, -0.1) is 36.2 Å². The molecule has 3 aromatic rings. The number of piperidine rings is 2. The van der Waals surface area contributed by atoms with Crippen LogP contribution in [0.15, 0.2) is 24.5 Å². The number of amides is 2. The second-order valence-electron chi connectivity index (χ2n) is 11.9. The number of likely N-dealkylation sites (tertiary alicyclic amines) is 2. The van der Waals surface area contributed by atoms with E-state index in [1.54, 1.807) is 17.7 Å². The molecule has 0 bridgehead atoms. The third-order valence-corrected chi connectivity index (χ3v) is 10.4. The molecule has 3 aliphatic rings. The smallest absolute Gasteiger partial charge is 0.233 e. The standard InChI is InChI=1S/C30H35ClN4O3S.2ClH/c1-6-34-9-8-22(17(3)14-34)38-26-16(2)11-18(31)12-20(26)25-27-21(32-15-33-25)13-19(39-27)7-10-35-28(36)23-24(29(35)37)30(23,4)5;;/h11-13,15,17,22-24H,6-10,14H2,1-5H3;2*1H/t17-,22+,23?,24?;;/m0../s1. The van der Waals surface area contributed by atoms with Crippen LogP contribution in [0.1, 0.15) is 44.6 Å². The Labute approximate surface area is 262 Å². The fourth-order valence-electron chi connectivity index (χ4n) is 6.55. The van der Waals surface area contributed by atoms with Gasteiger partial charge < -0.3 is 9.64 Å². The number of carbonyl (C=O) groups is 2. The molecule has 1 aromatic carbocycles. The zero-order chi connectivity index (χ0) is 27.6. The molecule has 2 amide bonds. The summed E-state index contributed by atoms with van der Waals surface area (Å²) in [7, 11) is 0. The molecule has 6 rings (SSSR count). The Morgan fingerprint density at radius 3 is 2.49 bits per heavy atom. The van der Waals surface area contributed by atoms with Gasteiger partial charge >= 0.3 is 0 Å². The van der Waals surface area contributed by atoms with Crippen LogP contribution in [0, 0.1) is 30.1 Å². The van der Waals surface area contributed by atoms with Gasteiger partial charge in [0.15, 0.2) is 0 Å². The molecule has 2 saturated heterocycles. The average Bonchev–Trinajstić information content (AvgIpc) is 3.13. The van der Waals surface area contributed by atoms with E-state index in [9.17, 15) is 9.59 Å². The number of imide groups is 1. The molecule has 41 heavy (non-hydrogen) atoms. The minimum absolute atomic E-state index is 0. The Balaban J connectivity index is 0.00000194. The maximum Gasteiger partial charge on any atom is 0.233 e. The van der Waals surface area contributed by atoms with Crippen molar-refractivity contribution < 1.29 is 14.3 Å². The van der Waals surface area contributed by atoms with Crippen molar-refractivity contribution in [2.24, 2.45) is 23.2 Å². The minimum Gasteiger partial charge on any atom is -0.489 e. The maximum absolute atomic E-state index is 12.8. The van der Waals surface area contributed by atoms with Gasteiger partial charge in [0, 0.05) is 47.4 Å². The number of ether oxygens (including phenoxy) is 1. The highest BCUT2D eigenvalue weighted by Crippen LogP contribution is 2.63. The van der Waals surface area contributed by atoms with Crippen molar-refractivity contribution >= 4 is 69.8 Å². The highest BCUT2D eigenvalue weighted by Gasteiger charge is 2.72. The van der Waals surface area contributed by atoms with Gasteiger partial charge in [0.05, 0.1) is 27.7 Å². The lowest BCUT2D eigenvalue weighted by Gasteiger charge is -2.37. The molecule has 0 radical (unpaired) electrons. The Hall–Kier alpha value is -1.97. The molecule has 3 fully saturated rings. The summed E-state index contributed by atoms with van der Waals surface area (Å²) >= 11 is 8.16. The van der Waals surface area contributed by atoms with Gasteiger partial charge in [0.2, 0.25) is 11.8 Å². The Bertz CT molecular complexity index is 1450. The van der Waals surface area contributed by atoms with Gasteiger partial charge in [0.25, 0.3) is 0 Å². The Morgan fingerprint density at radius 2 is 1.83 bits per heavy atom. The van der Waals surface area contributed by atoms with Crippen molar-refractivity contribution in [2.45, 2.75) is 53.6 Å². The number of hydrogen-bond donors (Lipinski definition) is 0. The van der Waals surface area contributed by atoms with Gasteiger partial charge in [-0.25, -0.2) is 9.97 Å². The van der Waals surface area contributed by atoms with Gasteiger partial charge in [-0.3, -0.25) is 14.5 Å². The van der Waals surface area contributed by atoms with Crippen molar-refractivity contribution in [3.63, 3.8) is 0 Å². The zero-order valence-electron chi connectivity index (χ0n) is 24.0. The quantitative estimate of drug-likeness (QED) is 0.277. The predicted molar refractivity (Wildman–Crippen MR) is 169 cm³/mol. The van der Waals surface area contributed by atoms with Crippen LogP contribution in [0.5, 0.6) is 5.75 Å². The summed E-state index contributed by atoms with van der Waals surface area (Å²) in [6, 6.07) is 5.92. The van der Waals surface area contributed by atoms with Crippen molar-refractivity contribution in [1.29, 1.82) is 0 Å². The van der Waals surface area contributed by atoms with Crippen molar-refractivity contribution in [2.75, 3.05) is 26.2 Å². The second kappa shape index (κ2) is 12.0. The zero-order valence-corrected chi connectivity index (χ0v) is 27.2. The number of aromatic nitrogens is 2. The van der Waals surface area contributed by atoms with Crippen LogP contribution in [-0.4, -0.2) is 63.9 Å². The molecule has 2 aliphatic heterocycles. The van der Waals surface area contributed by atoms with E-state index < -0.39 is 0 Å².